The van der Waals surface area contributed by atoms with Crippen LogP contribution in [0.5, 0.6) is 0 Å². The summed E-state index contributed by atoms with van der Waals surface area (Å²) >= 11 is 1.56. The molecule has 0 radical (unpaired) electrons. The molecule has 1 unspecified atom stereocenters. The number of carbonyl (C=O) groups is 1. The van der Waals surface area contributed by atoms with Crippen LogP contribution in [0.25, 0.3) is 0 Å². The number of hydrogen-bond acceptors (Lipinski definition) is 6. The number of aromatic nitrogens is 2. The Bertz CT molecular complexity index is 770. The molecule has 0 saturated carbocycles. The molecule has 1 saturated heterocycles. The highest BCUT2D eigenvalue weighted by Gasteiger charge is 2.23. The second-order valence-electron chi connectivity index (χ2n) is 7.50. The van der Waals surface area contributed by atoms with Gasteiger partial charge in [-0.3, -0.25) is 14.7 Å². The summed E-state index contributed by atoms with van der Waals surface area (Å²) in [7, 11) is 2.23. The zero-order valence-electron chi connectivity index (χ0n) is 16.7. The van der Waals surface area contributed by atoms with Crippen molar-refractivity contribution in [1.29, 1.82) is 0 Å². The van der Waals surface area contributed by atoms with Gasteiger partial charge in [0.2, 0.25) is 5.91 Å². The van der Waals surface area contributed by atoms with Crippen LogP contribution in [-0.4, -0.2) is 58.4 Å². The molecule has 2 aromatic heterocycles. The fourth-order valence-corrected chi connectivity index (χ4v) is 4.64. The van der Waals surface area contributed by atoms with E-state index in [1.807, 2.05) is 6.20 Å². The van der Waals surface area contributed by atoms with Gasteiger partial charge in [-0.1, -0.05) is 0 Å². The number of nitrogens with one attached hydrogen (secondary N) is 1. The number of hydrogen-bond donors (Lipinski definition) is 1. The Kier molecular flexibility index (Phi) is 6.57. The number of carbonyl (C=O) groups excluding carboxylic acids is 1. The van der Waals surface area contributed by atoms with Crippen LogP contribution in [0.2, 0.25) is 0 Å². The average molecular weight is 388 g/mol. The van der Waals surface area contributed by atoms with Gasteiger partial charge in [-0.2, -0.15) is 0 Å². The highest BCUT2D eigenvalue weighted by molar-refractivity contribution is 7.15. The van der Waals surface area contributed by atoms with E-state index in [9.17, 15) is 4.79 Å². The smallest absolute Gasteiger partial charge is 0.223 e. The Labute approximate surface area is 165 Å². The lowest BCUT2D eigenvalue weighted by atomic mass is 10.0. The first-order chi connectivity index (χ1) is 12.9. The average Bonchev–Trinajstić information content (AvgIpc) is 2.91. The van der Waals surface area contributed by atoms with E-state index in [0.717, 1.165) is 44.0 Å². The molecule has 1 N–H and O–H groups in total. The standard InChI is InChI=1S/C20H29N5OS/c1-14-8-17(9-15(2)22-14)10-18-12-25(7-5-6-24(18)4)13-19-11-21-20(27-19)23-16(3)26/h8-9,11,18H,5-7,10,12-13H2,1-4H3,(H,21,23,26). The molecule has 27 heavy (non-hydrogen) atoms. The minimum Gasteiger partial charge on any atom is -0.302 e. The zero-order chi connectivity index (χ0) is 19.4. The molecule has 0 aromatic carbocycles. The van der Waals surface area contributed by atoms with Crippen LogP contribution in [0, 0.1) is 13.8 Å². The number of amides is 1. The first-order valence-electron chi connectivity index (χ1n) is 9.48. The third-order valence-electron chi connectivity index (χ3n) is 4.91. The van der Waals surface area contributed by atoms with Gasteiger partial charge in [0.1, 0.15) is 0 Å². The summed E-state index contributed by atoms with van der Waals surface area (Å²) in [6.07, 6.45) is 4.09. The highest BCUT2D eigenvalue weighted by Crippen LogP contribution is 2.22. The summed E-state index contributed by atoms with van der Waals surface area (Å²) in [4.78, 5) is 26.2. The third-order valence-corrected chi connectivity index (χ3v) is 5.80. The maximum absolute atomic E-state index is 11.2. The topological polar surface area (TPSA) is 61.4 Å². The van der Waals surface area contributed by atoms with Gasteiger partial charge in [0.05, 0.1) is 0 Å². The Morgan fingerprint density at radius 3 is 2.74 bits per heavy atom. The monoisotopic (exact) mass is 387 g/mol. The number of likely N-dealkylation sites (N-methyl/N-ethyl adjacent to an activating group) is 1. The number of pyridine rings is 1. The lowest BCUT2D eigenvalue weighted by Crippen LogP contribution is -2.40. The van der Waals surface area contributed by atoms with Crippen LogP contribution in [0.15, 0.2) is 18.3 Å². The lowest BCUT2D eigenvalue weighted by molar-refractivity contribution is -0.114. The molecular weight excluding hydrogens is 358 g/mol. The fourth-order valence-electron chi connectivity index (χ4n) is 3.74. The molecule has 6 nitrogen and oxygen atoms in total. The molecule has 1 aliphatic heterocycles. The van der Waals surface area contributed by atoms with E-state index in [1.165, 1.54) is 23.8 Å². The van der Waals surface area contributed by atoms with Gasteiger partial charge >= 0.3 is 0 Å². The molecule has 0 bridgehead atoms. The van der Waals surface area contributed by atoms with Crippen molar-refractivity contribution in [3.63, 3.8) is 0 Å². The molecular formula is C20H29N5OS. The van der Waals surface area contributed by atoms with E-state index in [4.69, 9.17) is 0 Å². The van der Waals surface area contributed by atoms with Gasteiger partial charge < -0.3 is 10.2 Å². The van der Waals surface area contributed by atoms with Gasteiger partial charge in [-0.05, 0) is 64.5 Å². The maximum Gasteiger partial charge on any atom is 0.223 e. The molecule has 1 atom stereocenters. The largest absolute Gasteiger partial charge is 0.302 e. The molecule has 1 aliphatic rings. The first-order valence-corrected chi connectivity index (χ1v) is 10.3. The van der Waals surface area contributed by atoms with Crippen molar-refractivity contribution in [2.45, 2.75) is 46.2 Å². The molecule has 1 fully saturated rings. The van der Waals surface area contributed by atoms with Gasteiger partial charge in [0, 0.05) is 48.5 Å². The normalized spacial score (nSPS) is 19.0. The summed E-state index contributed by atoms with van der Waals surface area (Å²) in [6.45, 7) is 9.76. The second-order valence-corrected chi connectivity index (χ2v) is 8.61. The van der Waals surface area contributed by atoms with Gasteiger partial charge in [0.15, 0.2) is 5.13 Å². The Morgan fingerprint density at radius 1 is 1.30 bits per heavy atom. The van der Waals surface area contributed by atoms with Crippen molar-refractivity contribution in [2.24, 2.45) is 0 Å². The molecule has 3 heterocycles. The zero-order valence-corrected chi connectivity index (χ0v) is 17.5. The van der Waals surface area contributed by atoms with Gasteiger partial charge in [-0.15, -0.1) is 11.3 Å². The van der Waals surface area contributed by atoms with E-state index in [-0.39, 0.29) is 5.91 Å². The van der Waals surface area contributed by atoms with Gasteiger partial charge in [0.25, 0.3) is 0 Å². The van der Waals surface area contributed by atoms with E-state index >= 15 is 0 Å². The number of rotatable bonds is 5. The van der Waals surface area contributed by atoms with Crippen molar-refractivity contribution < 1.29 is 4.79 Å². The van der Waals surface area contributed by atoms with Crippen molar-refractivity contribution in [3.8, 4) is 0 Å². The Hall–Kier alpha value is -1.83. The first kappa shape index (κ1) is 19.9. The molecule has 0 spiro atoms. The van der Waals surface area contributed by atoms with Gasteiger partial charge in [-0.25, -0.2) is 4.98 Å². The van der Waals surface area contributed by atoms with Crippen LogP contribution in [0.1, 0.15) is 35.2 Å². The van der Waals surface area contributed by atoms with E-state index in [0.29, 0.717) is 11.2 Å². The molecule has 1 amide bonds. The Balaban J connectivity index is 1.66. The summed E-state index contributed by atoms with van der Waals surface area (Å²) < 4.78 is 0. The van der Waals surface area contributed by atoms with Crippen LogP contribution in [-0.2, 0) is 17.8 Å². The molecule has 146 valence electrons. The molecule has 2 aromatic rings. The second kappa shape index (κ2) is 8.91. The fraction of sp³-hybridized carbons (Fsp3) is 0.550. The van der Waals surface area contributed by atoms with Crippen LogP contribution in [0.4, 0.5) is 5.13 Å². The van der Waals surface area contributed by atoms with Crippen molar-refractivity contribution >= 4 is 22.4 Å². The van der Waals surface area contributed by atoms with Crippen LogP contribution in [0.3, 0.4) is 0 Å². The quantitative estimate of drug-likeness (QED) is 0.855. The molecule has 3 rings (SSSR count). The summed E-state index contributed by atoms with van der Waals surface area (Å²) in [5.74, 6) is -0.0738. The Morgan fingerprint density at radius 2 is 2.04 bits per heavy atom. The van der Waals surface area contributed by atoms with Crippen molar-refractivity contribution in [3.05, 3.63) is 40.2 Å². The number of thiazole rings is 1. The number of anilines is 1. The molecule has 0 aliphatic carbocycles. The molecule has 7 heteroatoms. The van der Waals surface area contributed by atoms with Crippen LogP contribution >= 0.6 is 11.3 Å². The SMILES string of the molecule is CC(=O)Nc1ncc(CN2CCCN(C)C(Cc3cc(C)nc(C)c3)C2)s1. The third kappa shape index (κ3) is 5.82. The summed E-state index contributed by atoms with van der Waals surface area (Å²) in [5, 5.41) is 3.45. The summed E-state index contributed by atoms with van der Waals surface area (Å²) in [5.41, 5.74) is 3.55. The van der Waals surface area contributed by atoms with E-state index in [2.05, 4.69) is 58.1 Å². The minimum absolute atomic E-state index is 0.0738. The predicted octanol–water partition coefficient (Wildman–Crippen LogP) is 2.86. The number of aryl methyl sites for hydroxylation is 2. The van der Waals surface area contributed by atoms with E-state index < -0.39 is 0 Å². The van der Waals surface area contributed by atoms with Crippen molar-refractivity contribution in [2.75, 3.05) is 32.0 Å². The lowest BCUT2D eigenvalue weighted by Gasteiger charge is -2.29. The van der Waals surface area contributed by atoms with E-state index in [1.54, 1.807) is 11.3 Å². The maximum atomic E-state index is 11.2. The number of nitrogens with zero attached hydrogens (tertiary/aromatic N) is 4. The minimum atomic E-state index is -0.0738. The van der Waals surface area contributed by atoms with Crippen molar-refractivity contribution in [1.82, 2.24) is 19.8 Å². The van der Waals surface area contributed by atoms with Crippen LogP contribution < -0.4 is 5.32 Å². The summed E-state index contributed by atoms with van der Waals surface area (Å²) in [6, 6.07) is 4.90. The highest BCUT2D eigenvalue weighted by atomic mass is 32.1. The predicted molar refractivity (Wildman–Crippen MR) is 110 cm³/mol.